The SMILES string of the molecule is [C-]#[N+]C1(Cc2ccc3c[n+](C)c(-c4cc(C(C)(C)C)cc(C)c4C)cc3c2)CCCC1. The number of aromatic nitrogens is 1. The van der Waals surface area contributed by atoms with Gasteiger partial charge in [-0.05, 0) is 71.9 Å². The number of hydrogen-bond donors (Lipinski definition) is 0. The van der Waals surface area contributed by atoms with Crippen molar-refractivity contribution in [1.82, 2.24) is 0 Å². The molecule has 160 valence electrons. The van der Waals surface area contributed by atoms with E-state index in [1.54, 1.807) is 0 Å². The van der Waals surface area contributed by atoms with Crippen molar-refractivity contribution in [2.45, 2.75) is 77.7 Å². The Kier molecular flexibility index (Phi) is 5.42. The molecular weight excluding hydrogens is 376 g/mol. The first kappa shape index (κ1) is 21.6. The number of benzene rings is 2. The summed E-state index contributed by atoms with van der Waals surface area (Å²) in [5, 5.41) is 2.52. The molecule has 4 rings (SSSR count). The smallest absolute Gasteiger partial charge is 0.236 e. The second kappa shape index (κ2) is 7.79. The fourth-order valence-electron chi connectivity index (χ4n) is 5.07. The van der Waals surface area contributed by atoms with Crippen LogP contribution in [0.2, 0.25) is 0 Å². The third-order valence-electron chi connectivity index (χ3n) is 7.27. The fourth-order valence-corrected chi connectivity index (χ4v) is 5.07. The zero-order chi connectivity index (χ0) is 22.4. The van der Waals surface area contributed by atoms with Gasteiger partial charge in [0.15, 0.2) is 6.20 Å². The van der Waals surface area contributed by atoms with E-state index in [4.69, 9.17) is 6.57 Å². The summed E-state index contributed by atoms with van der Waals surface area (Å²) >= 11 is 0. The molecular formula is C29H35N2+. The van der Waals surface area contributed by atoms with Gasteiger partial charge in [0.2, 0.25) is 11.2 Å². The molecule has 0 radical (unpaired) electrons. The van der Waals surface area contributed by atoms with Crippen molar-refractivity contribution in [1.29, 1.82) is 0 Å². The molecule has 0 unspecified atom stereocenters. The van der Waals surface area contributed by atoms with Gasteiger partial charge in [0.25, 0.3) is 0 Å². The van der Waals surface area contributed by atoms with E-state index in [1.165, 1.54) is 57.1 Å². The summed E-state index contributed by atoms with van der Waals surface area (Å²) in [4.78, 5) is 4.07. The molecule has 0 bridgehead atoms. The molecule has 1 heterocycles. The molecule has 2 aromatic carbocycles. The van der Waals surface area contributed by atoms with Gasteiger partial charge in [-0.1, -0.05) is 39.0 Å². The number of pyridine rings is 1. The van der Waals surface area contributed by atoms with Gasteiger partial charge in [-0.2, -0.15) is 0 Å². The minimum Gasteiger partial charge on any atom is -0.310 e. The van der Waals surface area contributed by atoms with Crippen molar-refractivity contribution in [2.75, 3.05) is 0 Å². The maximum absolute atomic E-state index is 7.77. The number of rotatable bonds is 3. The van der Waals surface area contributed by atoms with Crippen LogP contribution < -0.4 is 4.57 Å². The maximum Gasteiger partial charge on any atom is 0.236 e. The van der Waals surface area contributed by atoms with Gasteiger partial charge in [-0.3, -0.25) is 0 Å². The van der Waals surface area contributed by atoms with Crippen molar-refractivity contribution >= 4 is 10.8 Å². The summed E-state index contributed by atoms with van der Waals surface area (Å²) in [6.45, 7) is 19.1. The lowest BCUT2D eigenvalue weighted by Gasteiger charge is -2.22. The molecule has 2 nitrogen and oxygen atoms in total. The van der Waals surface area contributed by atoms with E-state index in [0.717, 1.165) is 19.3 Å². The van der Waals surface area contributed by atoms with Crippen molar-refractivity contribution in [3.05, 3.63) is 76.3 Å². The van der Waals surface area contributed by atoms with Crippen molar-refractivity contribution in [3.8, 4) is 11.3 Å². The molecule has 1 saturated carbocycles. The van der Waals surface area contributed by atoms with E-state index in [9.17, 15) is 0 Å². The van der Waals surface area contributed by atoms with E-state index in [-0.39, 0.29) is 11.0 Å². The molecule has 0 saturated heterocycles. The van der Waals surface area contributed by atoms with Crippen molar-refractivity contribution < 1.29 is 4.57 Å². The van der Waals surface area contributed by atoms with Crippen LogP contribution in [0.4, 0.5) is 0 Å². The van der Waals surface area contributed by atoms with E-state index in [0.29, 0.717) is 0 Å². The zero-order valence-corrected chi connectivity index (χ0v) is 20.0. The summed E-state index contributed by atoms with van der Waals surface area (Å²) in [6, 6.07) is 13.8. The lowest BCUT2D eigenvalue weighted by atomic mass is 9.83. The topological polar surface area (TPSA) is 8.24 Å². The summed E-state index contributed by atoms with van der Waals surface area (Å²) in [7, 11) is 2.15. The van der Waals surface area contributed by atoms with Gasteiger partial charge in [0.1, 0.15) is 7.05 Å². The Morgan fingerprint density at radius 2 is 1.71 bits per heavy atom. The van der Waals surface area contributed by atoms with Crippen LogP contribution in [0.5, 0.6) is 0 Å². The highest BCUT2D eigenvalue weighted by molar-refractivity contribution is 5.85. The van der Waals surface area contributed by atoms with Gasteiger partial charge in [0.05, 0.1) is 6.42 Å². The highest BCUT2D eigenvalue weighted by Gasteiger charge is 2.40. The van der Waals surface area contributed by atoms with Crippen molar-refractivity contribution in [2.24, 2.45) is 7.05 Å². The maximum atomic E-state index is 7.77. The van der Waals surface area contributed by atoms with Crippen LogP contribution in [0, 0.1) is 20.4 Å². The van der Waals surface area contributed by atoms with Crippen LogP contribution in [0.3, 0.4) is 0 Å². The molecule has 1 aromatic heterocycles. The minimum absolute atomic E-state index is 0.116. The number of fused-ring (bicyclic) bond motifs is 1. The van der Waals surface area contributed by atoms with E-state index in [2.05, 4.69) is 93.7 Å². The Morgan fingerprint density at radius 3 is 2.35 bits per heavy atom. The zero-order valence-electron chi connectivity index (χ0n) is 20.0. The Hall–Kier alpha value is -2.66. The molecule has 31 heavy (non-hydrogen) atoms. The summed E-state index contributed by atoms with van der Waals surface area (Å²) in [5.74, 6) is 0. The molecule has 2 heteroatoms. The molecule has 0 N–H and O–H groups in total. The summed E-state index contributed by atoms with van der Waals surface area (Å²) in [6.07, 6.45) is 7.59. The molecule has 1 aliphatic rings. The van der Waals surface area contributed by atoms with Crippen LogP contribution in [-0.4, -0.2) is 5.54 Å². The quantitative estimate of drug-likeness (QED) is 0.323. The van der Waals surface area contributed by atoms with Crippen LogP contribution in [0.25, 0.3) is 26.9 Å². The lowest BCUT2D eigenvalue weighted by Crippen LogP contribution is -2.31. The van der Waals surface area contributed by atoms with Crippen LogP contribution in [0.1, 0.15) is 68.7 Å². The van der Waals surface area contributed by atoms with Crippen LogP contribution >= 0.6 is 0 Å². The average Bonchev–Trinajstić information content (AvgIpc) is 3.18. The lowest BCUT2D eigenvalue weighted by molar-refractivity contribution is -0.659. The van der Waals surface area contributed by atoms with Crippen molar-refractivity contribution in [3.63, 3.8) is 0 Å². The van der Waals surface area contributed by atoms with Crippen LogP contribution in [-0.2, 0) is 18.9 Å². The first-order valence-corrected chi connectivity index (χ1v) is 11.5. The highest BCUT2D eigenvalue weighted by Crippen LogP contribution is 2.37. The molecule has 0 atom stereocenters. The normalized spacial score (nSPS) is 15.9. The molecule has 0 amide bonds. The Morgan fingerprint density at radius 1 is 1.00 bits per heavy atom. The Balaban J connectivity index is 1.82. The molecule has 0 aliphatic heterocycles. The molecule has 1 aliphatic carbocycles. The highest BCUT2D eigenvalue weighted by atomic mass is 14.9. The summed E-state index contributed by atoms with van der Waals surface area (Å²) < 4.78 is 2.26. The minimum atomic E-state index is -0.176. The third kappa shape index (κ3) is 4.11. The second-order valence-electron chi connectivity index (χ2n) is 10.7. The predicted molar refractivity (Wildman–Crippen MR) is 130 cm³/mol. The fraction of sp³-hybridized carbons (Fsp3) is 0.448. The van der Waals surface area contributed by atoms with E-state index in [1.807, 2.05) is 0 Å². The van der Waals surface area contributed by atoms with Gasteiger partial charge >= 0.3 is 0 Å². The Labute approximate surface area is 187 Å². The summed E-state index contributed by atoms with van der Waals surface area (Å²) in [5.41, 5.74) is 7.86. The number of aryl methyl sites for hydroxylation is 2. The number of hydrogen-bond acceptors (Lipinski definition) is 0. The van der Waals surface area contributed by atoms with Gasteiger partial charge < -0.3 is 4.85 Å². The number of nitrogens with zero attached hydrogens (tertiary/aromatic N) is 2. The molecule has 0 spiro atoms. The van der Waals surface area contributed by atoms with Crippen LogP contribution in [0.15, 0.2) is 42.6 Å². The van der Waals surface area contributed by atoms with Gasteiger partial charge in [-0.25, -0.2) is 11.1 Å². The Bertz CT molecular complexity index is 1180. The van der Waals surface area contributed by atoms with Gasteiger partial charge in [0, 0.05) is 29.9 Å². The first-order chi connectivity index (χ1) is 14.6. The monoisotopic (exact) mass is 411 g/mol. The standard InChI is InChI=1S/C29H35N2/c1-20-14-25(28(3,4)5)17-26(21(20)2)27-16-24-15-22(10-11-23(24)19-31(27)7)18-29(30-6)12-8-9-13-29/h10-11,14-17,19H,8-9,12-13,18H2,1-5,7H3/q+1. The van der Waals surface area contributed by atoms with E-state index < -0.39 is 0 Å². The first-order valence-electron chi connectivity index (χ1n) is 11.5. The van der Waals surface area contributed by atoms with E-state index >= 15 is 0 Å². The largest absolute Gasteiger partial charge is 0.310 e. The molecule has 3 aromatic rings. The average molecular weight is 412 g/mol. The van der Waals surface area contributed by atoms with Gasteiger partial charge in [-0.15, -0.1) is 0 Å². The molecule has 1 fully saturated rings. The third-order valence-corrected chi connectivity index (χ3v) is 7.27. The predicted octanol–water partition coefficient (Wildman–Crippen LogP) is 7.02. The second-order valence-corrected chi connectivity index (χ2v) is 10.7.